The van der Waals surface area contributed by atoms with E-state index in [1.54, 1.807) is 30.3 Å². The highest BCUT2D eigenvalue weighted by Crippen LogP contribution is 2.23. The number of anilines is 1. The van der Waals surface area contributed by atoms with Gasteiger partial charge in [-0.1, -0.05) is 12.1 Å². The third kappa shape index (κ3) is 4.73. The zero-order valence-electron chi connectivity index (χ0n) is 15.3. The summed E-state index contributed by atoms with van der Waals surface area (Å²) >= 11 is 0. The molecule has 0 fully saturated rings. The molecule has 0 bridgehead atoms. The number of rotatable bonds is 5. The van der Waals surface area contributed by atoms with Crippen molar-refractivity contribution < 1.29 is 14.4 Å². The summed E-state index contributed by atoms with van der Waals surface area (Å²) in [7, 11) is 0. The highest BCUT2D eigenvalue weighted by atomic mass is 16.2. The third-order valence-corrected chi connectivity index (χ3v) is 4.47. The second kappa shape index (κ2) is 8.49. The quantitative estimate of drug-likeness (QED) is 0.761. The van der Waals surface area contributed by atoms with Gasteiger partial charge in [0.2, 0.25) is 5.91 Å². The number of carbonyl (C=O) groups is 3. The molecule has 1 heterocycles. The molecule has 140 valence electrons. The standard InChI is InChI=1S/C21H23N3O3/c1-2-22-20(26)16-7-3-5-14(11-16)13-23-21(27)17-9-10-18-15(12-17)6-4-8-19(25)24-18/h3,5,7,9-12H,2,4,6,8,13H2,1H3,(H,22,26)(H,23,27)(H,24,25). The van der Waals surface area contributed by atoms with Crippen LogP contribution in [-0.2, 0) is 17.8 Å². The van der Waals surface area contributed by atoms with Crippen LogP contribution in [0.2, 0.25) is 0 Å². The molecule has 2 aromatic carbocycles. The molecule has 3 amide bonds. The van der Waals surface area contributed by atoms with Crippen molar-refractivity contribution in [3.8, 4) is 0 Å². The SMILES string of the molecule is CCNC(=O)c1cccc(CNC(=O)c2ccc3c(c2)CCCC(=O)N3)c1. The van der Waals surface area contributed by atoms with E-state index in [-0.39, 0.29) is 17.7 Å². The van der Waals surface area contributed by atoms with Crippen LogP contribution in [0.5, 0.6) is 0 Å². The highest BCUT2D eigenvalue weighted by Gasteiger charge is 2.15. The van der Waals surface area contributed by atoms with E-state index in [1.807, 2.05) is 19.1 Å². The molecule has 1 aliphatic heterocycles. The van der Waals surface area contributed by atoms with Gasteiger partial charge < -0.3 is 16.0 Å². The molecular weight excluding hydrogens is 342 g/mol. The predicted octanol–water partition coefficient (Wildman–Crippen LogP) is 2.64. The first-order chi connectivity index (χ1) is 13.1. The molecule has 6 nitrogen and oxygen atoms in total. The average Bonchev–Trinajstić information content (AvgIpc) is 2.86. The Kier molecular flexibility index (Phi) is 5.86. The Morgan fingerprint density at radius 3 is 2.59 bits per heavy atom. The molecule has 0 aromatic heterocycles. The van der Waals surface area contributed by atoms with Crippen LogP contribution in [0.25, 0.3) is 0 Å². The monoisotopic (exact) mass is 365 g/mol. The Bertz CT molecular complexity index is 877. The van der Waals surface area contributed by atoms with Gasteiger partial charge in [-0.3, -0.25) is 14.4 Å². The van der Waals surface area contributed by atoms with Crippen LogP contribution in [0.1, 0.15) is 51.6 Å². The zero-order chi connectivity index (χ0) is 19.2. The number of amides is 3. The molecule has 0 aliphatic carbocycles. The minimum Gasteiger partial charge on any atom is -0.352 e. The van der Waals surface area contributed by atoms with Crippen molar-refractivity contribution in [1.82, 2.24) is 10.6 Å². The van der Waals surface area contributed by atoms with Gasteiger partial charge >= 0.3 is 0 Å². The minimum absolute atomic E-state index is 0.0120. The van der Waals surface area contributed by atoms with E-state index in [4.69, 9.17) is 0 Å². The van der Waals surface area contributed by atoms with Gasteiger partial charge in [0, 0.05) is 36.3 Å². The number of benzene rings is 2. The van der Waals surface area contributed by atoms with E-state index >= 15 is 0 Å². The summed E-state index contributed by atoms with van der Waals surface area (Å²) < 4.78 is 0. The lowest BCUT2D eigenvalue weighted by Gasteiger charge is -2.10. The molecule has 0 unspecified atom stereocenters. The summed E-state index contributed by atoms with van der Waals surface area (Å²) in [6, 6.07) is 12.5. The van der Waals surface area contributed by atoms with Crippen molar-refractivity contribution in [2.75, 3.05) is 11.9 Å². The molecular formula is C21H23N3O3. The molecule has 0 saturated carbocycles. The zero-order valence-corrected chi connectivity index (χ0v) is 15.3. The average molecular weight is 365 g/mol. The molecule has 6 heteroatoms. The smallest absolute Gasteiger partial charge is 0.251 e. The molecule has 0 radical (unpaired) electrons. The molecule has 0 atom stereocenters. The van der Waals surface area contributed by atoms with Gasteiger partial charge in [-0.15, -0.1) is 0 Å². The maximum atomic E-state index is 12.5. The summed E-state index contributed by atoms with van der Waals surface area (Å²) in [6.07, 6.45) is 2.04. The van der Waals surface area contributed by atoms with E-state index in [9.17, 15) is 14.4 Å². The fourth-order valence-electron chi connectivity index (χ4n) is 3.09. The Hall–Kier alpha value is -3.15. The van der Waals surface area contributed by atoms with Crippen molar-refractivity contribution in [2.45, 2.75) is 32.7 Å². The van der Waals surface area contributed by atoms with Gasteiger partial charge in [0.15, 0.2) is 0 Å². The van der Waals surface area contributed by atoms with E-state index < -0.39 is 0 Å². The molecule has 1 aliphatic rings. The fourth-order valence-corrected chi connectivity index (χ4v) is 3.09. The van der Waals surface area contributed by atoms with Gasteiger partial charge in [-0.25, -0.2) is 0 Å². The second-order valence-corrected chi connectivity index (χ2v) is 6.52. The van der Waals surface area contributed by atoms with Crippen molar-refractivity contribution in [2.24, 2.45) is 0 Å². The second-order valence-electron chi connectivity index (χ2n) is 6.52. The summed E-state index contributed by atoms with van der Waals surface area (Å²) in [5.74, 6) is -0.298. The summed E-state index contributed by atoms with van der Waals surface area (Å²) in [5, 5.41) is 8.51. The largest absolute Gasteiger partial charge is 0.352 e. The first kappa shape index (κ1) is 18.6. The number of fused-ring (bicyclic) bond motifs is 1. The third-order valence-electron chi connectivity index (χ3n) is 4.47. The van der Waals surface area contributed by atoms with Crippen LogP contribution < -0.4 is 16.0 Å². The predicted molar refractivity (Wildman–Crippen MR) is 104 cm³/mol. The van der Waals surface area contributed by atoms with Crippen LogP contribution in [0.15, 0.2) is 42.5 Å². The van der Waals surface area contributed by atoms with E-state index in [0.717, 1.165) is 29.7 Å². The van der Waals surface area contributed by atoms with Crippen LogP contribution in [0.3, 0.4) is 0 Å². The minimum atomic E-state index is -0.184. The molecule has 0 saturated heterocycles. The first-order valence-electron chi connectivity index (χ1n) is 9.15. The topological polar surface area (TPSA) is 87.3 Å². The maximum absolute atomic E-state index is 12.5. The highest BCUT2D eigenvalue weighted by molar-refractivity contribution is 5.97. The van der Waals surface area contributed by atoms with Crippen LogP contribution in [0.4, 0.5) is 5.69 Å². The Morgan fingerprint density at radius 2 is 1.78 bits per heavy atom. The lowest BCUT2D eigenvalue weighted by atomic mass is 10.0. The lowest BCUT2D eigenvalue weighted by Crippen LogP contribution is -2.24. The van der Waals surface area contributed by atoms with Gasteiger partial charge in [-0.2, -0.15) is 0 Å². The number of hydrogen-bond donors (Lipinski definition) is 3. The summed E-state index contributed by atoms with van der Waals surface area (Å²) in [5.41, 5.74) is 3.75. The first-order valence-corrected chi connectivity index (χ1v) is 9.15. The van der Waals surface area contributed by atoms with Crippen LogP contribution in [0, 0.1) is 0 Å². The van der Waals surface area contributed by atoms with Crippen LogP contribution >= 0.6 is 0 Å². The van der Waals surface area contributed by atoms with Crippen molar-refractivity contribution in [1.29, 1.82) is 0 Å². The molecule has 2 aromatic rings. The Balaban J connectivity index is 1.66. The lowest BCUT2D eigenvalue weighted by molar-refractivity contribution is -0.116. The number of hydrogen-bond acceptors (Lipinski definition) is 3. The summed E-state index contributed by atoms with van der Waals surface area (Å²) in [4.78, 5) is 36.0. The fraction of sp³-hybridized carbons (Fsp3) is 0.286. The van der Waals surface area contributed by atoms with Crippen molar-refractivity contribution in [3.63, 3.8) is 0 Å². The molecule has 27 heavy (non-hydrogen) atoms. The molecule has 3 N–H and O–H groups in total. The van der Waals surface area contributed by atoms with Crippen molar-refractivity contribution >= 4 is 23.4 Å². The molecule has 0 spiro atoms. The van der Waals surface area contributed by atoms with E-state index in [1.165, 1.54) is 0 Å². The van der Waals surface area contributed by atoms with Gasteiger partial charge in [0.1, 0.15) is 0 Å². The van der Waals surface area contributed by atoms with Gasteiger partial charge in [0.05, 0.1) is 0 Å². The van der Waals surface area contributed by atoms with Crippen LogP contribution in [-0.4, -0.2) is 24.3 Å². The maximum Gasteiger partial charge on any atom is 0.251 e. The molecule has 3 rings (SSSR count). The number of nitrogens with one attached hydrogen (secondary N) is 3. The van der Waals surface area contributed by atoms with Gasteiger partial charge in [-0.05, 0) is 61.2 Å². The normalized spacial score (nSPS) is 13.1. The summed E-state index contributed by atoms with van der Waals surface area (Å²) in [6.45, 7) is 2.77. The van der Waals surface area contributed by atoms with E-state index in [2.05, 4.69) is 16.0 Å². The Morgan fingerprint density at radius 1 is 1.00 bits per heavy atom. The number of carbonyl (C=O) groups excluding carboxylic acids is 3. The Labute approximate surface area is 158 Å². The number of aryl methyl sites for hydroxylation is 1. The van der Waals surface area contributed by atoms with E-state index in [0.29, 0.717) is 30.6 Å². The van der Waals surface area contributed by atoms with Gasteiger partial charge in [0.25, 0.3) is 11.8 Å². The van der Waals surface area contributed by atoms with Crippen molar-refractivity contribution in [3.05, 3.63) is 64.7 Å².